The molecule has 1 amide bonds. The number of likely N-dealkylation sites (tertiary alicyclic amines) is 1. The first-order chi connectivity index (χ1) is 11.8. The Balaban J connectivity index is 1.86. The monoisotopic (exact) mass is 371 g/mol. The van der Waals surface area contributed by atoms with Gasteiger partial charge >= 0.3 is 0 Å². The summed E-state index contributed by atoms with van der Waals surface area (Å²) < 4.78 is 37.9. The lowest BCUT2D eigenvalue weighted by Crippen LogP contribution is -2.41. The standard InChI is InChI=1S/C17H26FN3O3S/c1-20-11-8-14(9-12-20)7-10-19-17(22)13-21(25(2,23)24)16-5-3-15(18)4-6-16/h3-6,14H,7-13H2,1-2H3,(H,19,22). The number of hydrogen-bond acceptors (Lipinski definition) is 4. The van der Waals surface area contributed by atoms with Gasteiger partial charge in [0.05, 0.1) is 11.9 Å². The van der Waals surface area contributed by atoms with Gasteiger partial charge in [0, 0.05) is 6.54 Å². The minimum atomic E-state index is -3.63. The molecule has 1 aliphatic rings. The van der Waals surface area contributed by atoms with E-state index >= 15 is 0 Å². The molecule has 6 nitrogen and oxygen atoms in total. The second-order valence-electron chi connectivity index (χ2n) is 6.63. The Kier molecular flexibility index (Phi) is 6.78. The van der Waals surface area contributed by atoms with Crippen LogP contribution in [0.3, 0.4) is 0 Å². The van der Waals surface area contributed by atoms with Crippen LogP contribution in [0.4, 0.5) is 10.1 Å². The molecule has 1 saturated heterocycles. The Morgan fingerprint density at radius 2 is 1.88 bits per heavy atom. The zero-order valence-electron chi connectivity index (χ0n) is 14.7. The van der Waals surface area contributed by atoms with E-state index in [4.69, 9.17) is 0 Å². The van der Waals surface area contributed by atoms with E-state index in [-0.39, 0.29) is 18.1 Å². The molecule has 0 bridgehead atoms. The summed E-state index contributed by atoms with van der Waals surface area (Å²) in [5, 5.41) is 2.79. The van der Waals surface area contributed by atoms with Crippen LogP contribution >= 0.6 is 0 Å². The van der Waals surface area contributed by atoms with Crippen molar-refractivity contribution in [3.63, 3.8) is 0 Å². The average Bonchev–Trinajstić information content (AvgIpc) is 2.54. The third-order valence-electron chi connectivity index (χ3n) is 4.52. The van der Waals surface area contributed by atoms with Crippen LogP contribution in [0.5, 0.6) is 0 Å². The lowest BCUT2D eigenvalue weighted by molar-refractivity contribution is -0.119. The molecule has 8 heteroatoms. The summed E-state index contributed by atoms with van der Waals surface area (Å²) in [4.78, 5) is 14.4. The summed E-state index contributed by atoms with van der Waals surface area (Å²) in [6.07, 6.45) is 4.17. The highest BCUT2D eigenvalue weighted by molar-refractivity contribution is 7.92. The zero-order chi connectivity index (χ0) is 18.4. The largest absolute Gasteiger partial charge is 0.355 e. The number of anilines is 1. The van der Waals surface area contributed by atoms with Crippen LogP contribution in [0.1, 0.15) is 19.3 Å². The molecule has 1 N–H and O–H groups in total. The quantitative estimate of drug-likeness (QED) is 0.787. The zero-order valence-corrected chi connectivity index (χ0v) is 15.6. The van der Waals surface area contributed by atoms with Gasteiger partial charge in [-0.1, -0.05) is 0 Å². The Hall–Kier alpha value is -1.67. The van der Waals surface area contributed by atoms with E-state index in [0.717, 1.165) is 42.9 Å². The normalized spacial score (nSPS) is 16.6. The maximum absolute atomic E-state index is 13.0. The van der Waals surface area contributed by atoms with Gasteiger partial charge < -0.3 is 10.2 Å². The van der Waals surface area contributed by atoms with E-state index in [2.05, 4.69) is 17.3 Å². The summed E-state index contributed by atoms with van der Waals surface area (Å²) >= 11 is 0. The van der Waals surface area contributed by atoms with Gasteiger partial charge in [0.15, 0.2) is 0 Å². The second-order valence-corrected chi connectivity index (χ2v) is 8.54. The summed E-state index contributed by atoms with van der Waals surface area (Å²) in [5.74, 6) is -0.220. The average molecular weight is 371 g/mol. The van der Waals surface area contributed by atoms with Crippen molar-refractivity contribution in [1.29, 1.82) is 0 Å². The smallest absolute Gasteiger partial charge is 0.240 e. The number of carbonyl (C=O) groups excluding carboxylic acids is 1. The van der Waals surface area contributed by atoms with Crippen molar-refractivity contribution in [1.82, 2.24) is 10.2 Å². The topological polar surface area (TPSA) is 69.7 Å². The van der Waals surface area contributed by atoms with E-state index in [0.29, 0.717) is 12.5 Å². The van der Waals surface area contributed by atoms with Gasteiger partial charge in [-0.3, -0.25) is 9.10 Å². The molecule has 0 spiro atoms. The fourth-order valence-electron chi connectivity index (χ4n) is 2.96. The predicted octanol–water partition coefficient (Wildman–Crippen LogP) is 1.44. The van der Waals surface area contributed by atoms with Crippen LogP contribution in [0.15, 0.2) is 24.3 Å². The number of benzene rings is 1. The lowest BCUT2D eigenvalue weighted by Gasteiger charge is -2.29. The fourth-order valence-corrected chi connectivity index (χ4v) is 3.82. The van der Waals surface area contributed by atoms with Gasteiger partial charge in [-0.2, -0.15) is 0 Å². The number of piperidine rings is 1. The maximum atomic E-state index is 13.0. The molecule has 25 heavy (non-hydrogen) atoms. The molecule has 140 valence electrons. The van der Waals surface area contributed by atoms with Gasteiger partial charge in [-0.25, -0.2) is 12.8 Å². The number of rotatable bonds is 7. The van der Waals surface area contributed by atoms with Gasteiger partial charge in [0.25, 0.3) is 0 Å². The number of carbonyl (C=O) groups is 1. The van der Waals surface area contributed by atoms with Crippen molar-refractivity contribution in [2.24, 2.45) is 5.92 Å². The highest BCUT2D eigenvalue weighted by Crippen LogP contribution is 2.19. The first-order valence-electron chi connectivity index (χ1n) is 8.44. The van der Waals surface area contributed by atoms with Crippen molar-refractivity contribution < 1.29 is 17.6 Å². The van der Waals surface area contributed by atoms with E-state index in [9.17, 15) is 17.6 Å². The first-order valence-corrected chi connectivity index (χ1v) is 10.3. The number of hydrogen-bond donors (Lipinski definition) is 1. The highest BCUT2D eigenvalue weighted by atomic mass is 32.2. The second kappa shape index (κ2) is 8.62. The third kappa shape index (κ3) is 6.28. The van der Waals surface area contributed by atoms with Gasteiger partial charge in [0.2, 0.25) is 15.9 Å². The molecule has 0 atom stereocenters. The first kappa shape index (κ1) is 19.7. The Morgan fingerprint density at radius 3 is 2.44 bits per heavy atom. The summed E-state index contributed by atoms with van der Waals surface area (Å²) in [5.41, 5.74) is 0.273. The molecule has 0 saturated carbocycles. The molecule has 0 aromatic heterocycles. The van der Waals surface area contributed by atoms with Crippen LogP contribution in [0.2, 0.25) is 0 Å². The van der Waals surface area contributed by atoms with Crippen molar-refractivity contribution >= 4 is 21.6 Å². The van der Waals surface area contributed by atoms with Crippen molar-refractivity contribution in [3.05, 3.63) is 30.1 Å². The predicted molar refractivity (Wildman–Crippen MR) is 96.4 cm³/mol. The summed E-state index contributed by atoms with van der Waals surface area (Å²) in [7, 11) is -1.53. The SMILES string of the molecule is CN1CCC(CCNC(=O)CN(c2ccc(F)cc2)S(C)(=O)=O)CC1. The molecule has 0 radical (unpaired) electrons. The third-order valence-corrected chi connectivity index (χ3v) is 5.66. The molecule has 2 rings (SSSR count). The highest BCUT2D eigenvalue weighted by Gasteiger charge is 2.21. The van der Waals surface area contributed by atoms with Crippen LogP contribution < -0.4 is 9.62 Å². The molecule has 1 heterocycles. The molecule has 1 aromatic carbocycles. The molecule has 0 unspecified atom stereocenters. The van der Waals surface area contributed by atoms with E-state index in [1.807, 2.05) is 0 Å². The molecular weight excluding hydrogens is 345 g/mol. The Labute approximate surface area is 149 Å². The van der Waals surface area contributed by atoms with Crippen molar-refractivity contribution in [3.8, 4) is 0 Å². The van der Waals surface area contributed by atoms with E-state index < -0.39 is 15.8 Å². The lowest BCUT2D eigenvalue weighted by atomic mass is 9.94. The van der Waals surface area contributed by atoms with Crippen LogP contribution in [-0.2, 0) is 14.8 Å². The summed E-state index contributed by atoms with van der Waals surface area (Å²) in [6.45, 7) is 2.38. The van der Waals surface area contributed by atoms with Crippen molar-refractivity contribution in [2.75, 3.05) is 43.8 Å². The number of sulfonamides is 1. The number of amides is 1. The fraction of sp³-hybridized carbons (Fsp3) is 0.588. The summed E-state index contributed by atoms with van der Waals surface area (Å²) in [6, 6.07) is 5.04. The molecule has 1 aromatic rings. The minimum Gasteiger partial charge on any atom is -0.355 e. The van der Waals surface area contributed by atoms with Gasteiger partial charge in [-0.15, -0.1) is 0 Å². The van der Waals surface area contributed by atoms with Gasteiger partial charge in [0.1, 0.15) is 12.4 Å². The Bertz CT molecular complexity index is 671. The van der Waals surface area contributed by atoms with E-state index in [1.165, 1.54) is 24.3 Å². The molecular formula is C17H26FN3O3S. The minimum absolute atomic E-state index is 0.273. The van der Waals surface area contributed by atoms with Crippen LogP contribution in [0, 0.1) is 11.7 Å². The van der Waals surface area contributed by atoms with Crippen molar-refractivity contribution in [2.45, 2.75) is 19.3 Å². The van der Waals surface area contributed by atoms with Gasteiger partial charge in [-0.05, 0) is 69.6 Å². The molecule has 1 aliphatic heterocycles. The van der Waals surface area contributed by atoms with Crippen LogP contribution in [0.25, 0.3) is 0 Å². The number of halogens is 1. The molecule has 0 aliphatic carbocycles. The molecule has 1 fully saturated rings. The number of nitrogens with one attached hydrogen (secondary N) is 1. The van der Waals surface area contributed by atoms with E-state index in [1.54, 1.807) is 0 Å². The Morgan fingerprint density at radius 1 is 1.28 bits per heavy atom. The number of nitrogens with zero attached hydrogens (tertiary/aromatic N) is 2. The van der Waals surface area contributed by atoms with Crippen LogP contribution in [-0.4, -0.2) is 58.7 Å². The maximum Gasteiger partial charge on any atom is 0.240 e.